The van der Waals surface area contributed by atoms with Crippen molar-refractivity contribution in [1.29, 1.82) is 0 Å². The number of thiophene rings is 1. The molecule has 5 rings (SSSR count). The van der Waals surface area contributed by atoms with Crippen molar-refractivity contribution in [1.82, 2.24) is 25.1 Å². The van der Waals surface area contributed by atoms with Gasteiger partial charge in [-0.15, -0.1) is 11.3 Å². The van der Waals surface area contributed by atoms with E-state index in [1.165, 1.54) is 0 Å². The highest BCUT2D eigenvalue weighted by Crippen LogP contribution is 2.26. The van der Waals surface area contributed by atoms with E-state index in [2.05, 4.69) is 32.5 Å². The maximum absolute atomic E-state index is 12.7. The van der Waals surface area contributed by atoms with Crippen molar-refractivity contribution in [3.63, 3.8) is 0 Å². The molecule has 1 atom stereocenters. The van der Waals surface area contributed by atoms with Crippen LogP contribution in [0.1, 0.15) is 28.0 Å². The zero-order valence-corrected chi connectivity index (χ0v) is 18.1. The van der Waals surface area contributed by atoms with E-state index in [0.29, 0.717) is 31.2 Å². The number of aryl methyl sites for hydroxylation is 1. The lowest BCUT2D eigenvalue weighted by Gasteiger charge is -2.11. The molecule has 0 spiro atoms. The van der Waals surface area contributed by atoms with Gasteiger partial charge in [0.2, 0.25) is 0 Å². The molecule has 1 aliphatic heterocycles. The van der Waals surface area contributed by atoms with Crippen LogP contribution < -0.4 is 5.32 Å². The standard InChI is InChI=1S/C23H23N5O2S/c1-28-7-4-20(27-28)19-3-2-15(12-24-19)10-17-11-21(26-23-18(17)6-9-31-23)22(29)25-13-16-5-8-30-14-16/h2-4,6-7,9,11-12,16H,5,8,10,13-14H2,1H3,(H,25,29). The summed E-state index contributed by atoms with van der Waals surface area (Å²) in [6, 6.07) is 9.97. The summed E-state index contributed by atoms with van der Waals surface area (Å²) in [5.41, 5.74) is 4.31. The van der Waals surface area contributed by atoms with Crippen LogP contribution in [0, 0.1) is 5.92 Å². The first-order valence-corrected chi connectivity index (χ1v) is 11.2. The quantitative estimate of drug-likeness (QED) is 0.504. The van der Waals surface area contributed by atoms with Gasteiger partial charge in [0.1, 0.15) is 16.2 Å². The highest BCUT2D eigenvalue weighted by Gasteiger charge is 2.18. The molecule has 7 nitrogen and oxygen atoms in total. The van der Waals surface area contributed by atoms with Crippen molar-refractivity contribution in [3.8, 4) is 11.4 Å². The molecule has 0 aromatic carbocycles. The number of aromatic nitrogens is 4. The van der Waals surface area contributed by atoms with E-state index in [1.807, 2.05) is 43.0 Å². The second kappa shape index (κ2) is 8.56. The summed E-state index contributed by atoms with van der Waals surface area (Å²) in [4.78, 5) is 22.8. The van der Waals surface area contributed by atoms with Gasteiger partial charge in [-0.1, -0.05) is 6.07 Å². The SMILES string of the molecule is Cn1ccc(-c2ccc(Cc3cc(C(=O)NCC4CCOC4)nc4sccc34)cn2)n1. The molecule has 31 heavy (non-hydrogen) atoms. The lowest BCUT2D eigenvalue weighted by atomic mass is 10.0. The van der Waals surface area contributed by atoms with Crippen molar-refractivity contribution in [3.05, 3.63) is 64.9 Å². The normalized spacial score (nSPS) is 16.1. The van der Waals surface area contributed by atoms with Crippen LogP contribution in [-0.4, -0.2) is 45.4 Å². The molecule has 158 valence electrons. The molecule has 0 radical (unpaired) electrons. The predicted molar refractivity (Wildman–Crippen MR) is 120 cm³/mol. The van der Waals surface area contributed by atoms with Crippen LogP contribution in [0.4, 0.5) is 0 Å². The van der Waals surface area contributed by atoms with Gasteiger partial charge in [0, 0.05) is 43.9 Å². The summed E-state index contributed by atoms with van der Waals surface area (Å²) in [7, 11) is 1.89. The third kappa shape index (κ3) is 4.35. The number of nitrogens with zero attached hydrogens (tertiary/aromatic N) is 4. The summed E-state index contributed by atoms with van der Waals surface area (Å²) in [5.74, 6) is 0.254. The number of fused-ring (bicyclic) bond motifs is 1. The van der Waals surface area contributed by atoms with Crippen molar-refractivity contribution < 1.29 is 9.53 Å². The minimum Gasteiger partial charge on any atom is -0.381 e. The molecule has 0 bridgehead atoms. The first-order chi connectivity index (χ1) is 15.2. The number of nitrogens with one attached hydrogen (secondary N) is 1. The number of ether oxygens (including phenoxy) is 1. The van der Waals surface area contributed by atoms with E-state index in [1.54, 1.807) is 16.0 Å². The average Bonchev–Trinajstić information content (AvgIpc) is 3.54. The predicted octanol–water partition coefficient (Wildman–Crippen LogP) is 3.45. The Labute approximate surface area is 184 Å². The number of hydrogen-bond acceptors (Lipinski definition) is 6. The van der Waals surface area contributed by atoms with Gasteiger partial charge in [-0.05, 0) is 53.6 Å². The van der Waals surface area contributed by atoms with Gasteiger partial charge in [0.15, 0.2) is 0 Å². The Kier molecular flexibility index (Phi) is 5.48. The van der Waals surface area contributed by atoms with Gasteiger partial charge >= 0.3 is 0 Å². The summed E-state index contributed by atoms with van der Waals surface area (Å²) in [6.45, 7) is 2.11. The minimum atomic E-state index is -0.132. The third-order valence-corrected chi connectivity index (χ3v) is 6.33. The number of rotatable bonds is 6. The molecule has 1 unspecified atom stereocenters. The molecule has 0 aliphatic carbocycles. The highest BCUT2D eigenvalue weighted by atomic mass is 32.1. The molecule has 1 saturated heterocycles. The lowest BCUT2D eigenvalue weighted by Crippen LogP contribution is -2.30. The van der Waals surface area contributed by atoms with Crippen LogP contribution in [-0.2, 0) is 18.2 Å². The van der Waals surface area contributed by atoms with Crippen molar-refractivity contribution in [2.24, 2.45) is 13.0 Å². The fraction of sp³-hybridized carbons (Fsp3) is 0.304. The fourth-order valence-electron chi connectivity index (χ4n) is 3.80. The lowest BCUT2D eigenvalue weighted by molar-refractivity contribution is 0.0940. The zero-order valence-electron chi connectivity index (χ0n) is 17.2. The number of hydrogen-bond donors (Lipinski definition) is 1. The Morgan fingerprint density at radius 3 is 2.97 bits per heavy atom. The summed E-state index contributed by atoms with van der Waals surface area (Å²) >= 11 is 1.55. The first kappa shape index (κ1) is 19.8. The Bertz CT molecular complexity index is 1210. The van der Waals surface area contributed by atoms with Crippen molar-refractivity contribution >= 4 is 27.5 Å². The maximum Gasteiger partial charge on any atom is 0.269 e. The van der Waals surface area contributed by atoms with E-state index < -0.39 is 0 Å². The van der Waals surface area contributed by atoms with E-state index in [0.717, 1.165) is 45.8 Å². The van der Waals surface area contributed by atoms with Gasteiger partial charge in [-0.2, -0.15) is 5.10 Å². The molecule has 1 N–H and O–H groups in total. The Morgan fingerprint density at radius 1 is 1.29 bits per heavy atom. The smallest absolute Gasteiger partial charge is 0.269 e. The third-order valence-electron chi connectivity index (χ3n) is 5.53. The van der Waals surface area contributed by atoms with Gasteiger partial charge in [-0.25, -0.2) is 4.98 Å². The van der Waals surface area contributed by atoms with Crippen molar-refractivity contribution in [2.45, 2.75) is 12.8 Å². The maximum atomic E-state index is 12.7. The van der Waals surface area contributed by atoms with E-state index in [9.17, 15) is 4.79 Å². The van der Waals surface area contributed by atoms with Crippen LogP contribution in [0.15, 0.2) is 48.1 Å². The van der Waals surface area contributed by atoms with Crippen LogP contribution in [0.25, 0.3) is 21.6 Å². The molecule has 4 aromatic rings. The molecule has 1 fully saturated rings. The molecule has 5 heterocycles. The van der Waals surface area contributed by atoms with Crippen LogP contribution >= 0.6 is 11.3 Å². The number of carbonyl (C=O) groups excluding carboxylic acids is 1. The van der Waals surface area contributed by atoms with Gasteiger partial charge in [-0.3, -0.25) is 14.5 Å². The fourth-order valence-corrected chi connectivity index (χ4v) is 4.61. The van der Waals surface area contributed by atoms with Crippen LogP contribution in [0.2, 0.25) is 0 Å². The van der Waals surface area contributed by atoms with Crippen molar-refractivity contribution in [2.75, 3.05) is 19.8 Å². The number of carbonyl (C=O) groups is 1. The second-order valence-corrected chi connectivity index (χ2v) is 8.74. The minimum absolute atomic E-state index is 0.132. The average molecular weight is 434 g/mol. The van der Waals surface area contributed by atoms with Crippen LogP contribution in [0.3, 0.4) is 0 Å². The number of pyridine rings is 2. The molecular formula is C23H23N5O2S. The molecule has 1 aliphatic rings. The molecule has 0 saturated carbocycles. The molecule has 1 amide bonds. The molecular weight excluding hydrogens is 410 g/mol. The summed E-state index contributed by atoms with van der Waals surface area (Å²) < 4.78 is 7.15. The Balaban J connectivity index is 1.36. The monoisotopic (exact) mass is 433 g/mol. The van der Waals surface area contributed by atoms with E-state index >= 15 is 0 Å². The van der Waals surface area contributed by atoms with Crippen LogP contribution in [0.5, 0.6) is 0 Å². The van der Waals surface area contributed by atoms with E-state index in [-0.39, 0.29) is 5.91 Å². The molecule has 4 aromatic heterocycles. The van der Waals surface area contributed by atoms with Gasteiger partial charge in [0.05, 0.1) is 12.3 Å². The first-order valence-electron chi connectivity index (χ1n) is 10.3. The topological polar surface area (TPSA) is 81.9 Å². The number of amides is 1. The Hall–Kier alpha value is -3.10. The van der Waals surface area contributed by atoms with Gasteiger partial charge in [0.25, 0.3) is 5.91 Å². The highest BCUT2D eigenvalue weighted by molar-refractivity contribution is 7.16. The van der Waals surface area contributed by atoms with Gasteiger partial charge < -0.3 is 10.1 Å². The zero-order chi connectivity index (χ0) is 21.2. The van der Waals surface area contributed by atoms with E-state index in [4.69, 9.17) is 4.74 Å². The molecule has 8 heteroatoms. The summed E-state index contributed by atoms with van der Waals surface area (Å²) in [5, 5.41) is 10.5. The second-order valence-electron chi connectivity index (χ2n) is 7.85. The largest absolute Gasteiger partial charge is 0.381 e. The summed E-state index contributed by atoms with van der Waals surface area (Å²) in [6.07, 6.45) is 5.45. The Morgan fingerprint density at radius 2 is 2.23 bits per heavy atom.